The predicted octanol–water partition coefficient (Wildman–Crippen LogP) is 0.695. The van der Waals surface area contributed by atoms with Gasteiger partial charge in [-0.1, -0.05) is 6.92 Å². The summed E-state index contributed by atoms with van der Waals surface area (Å²) in [6.07, 6.45) is 0.921. The molecule has 0 atom stereocenters. The Morgan fingerprint density at radius 3 is 2.73 bits per heavy atom. The fourth-order valence-corrected chi connectivity index (χ4v) is 1.43. The highest BCUT2D eigenvalue weighted by molar-refractivity contribution is 5.97. The minimum atomic E-state index is 0.701. The lowest BCUT2D eigenvalue weighted by Crippen LogP contribution is -2.33. The number of aryl methyl sites for hydroxylation is 2. The van der Waals surface area contributed by atoms with Crippen LogP contribution in [0.3, 0.4) is 0 Å². The number of hydrogen-bond donors (Lipinski definition) is 2. The molecule has 0 fully saturated rings. The molecule has 0 radical (unpaired) electrons. The topological polar surface area (TPSA) is 68.2 Å². The summed E-state index contributed by atoms with van der Waals surface area (Å²) in [7, 11) is 0. The molecule has 1 rings (SSSR count). The number of aliphatic imine (C=N–C) groups is 1. The lowest BCUT2D eigenvalue weighted by atomic mass is 10.3. The highest BCUT2D eigenvalue weighted by Gasteiger charge is 2.10. The number of nitrogens with two attached hydrogens (primary N) is 1. The van der Waals surface area contributed by atoms with Crippen LogP contribution in [0, 0.1) is 0 Å². The fraction of sp³-hybridized carbons (Fsp3) is 0.600. The Bertz CT molecular complexity index is 340. The molecule has 1 aromatic heterocycles. The first kappa shape index (κ1) is 11.7. The van der Waals surface area contributed by atoms with E-state index >= 15 is 0 Å². The fourth-order valence-electron chi connectivity index (χ4n) is 1.43. The van der Waals surface area contributed by atoms with E-state index in [9.17, 15) is 0 Å². The lowest BCUT2D eigenvalue weighted by Gasteiger charge is -2.06. The molecular weight excluding hydrogens is 190 g/mol. The van der Waals surface area contributed by atoms with Gasteiger partial charge in [-0.05, 0) is 26.3 Å². The van der Waals surface area contributed by atoms with Gasteiger partial charge in [0.25, 0.3) is 0 Å². The quantitative estimate of drug-likeness (QED) is 0.332. The van der Waals surface area contributed by atoms with E-state index in [0.29, 0.717) is 12.4 Å². The summed E-state index contributed by atoms with van der Waals surface area (Å²) in [6.45, 7) is 7.63. The molecule has 84 valence electrons. The molecule has 0 saturated heterocycles. The number of nitrogens with zero attached hydrogens (tertiary/aromatic N) is 3. The van der Waals surface area contributed by atoms with Gasteiger partial charge in [-0.2, -0.15) is 5.10 Å². The minimum absolute atomic E-state index is 0.701. The first-order valence-corrected chi connectivity index (χ1v) is 5.34. The highest BCUT2D eigenvalue weighted by Crippen LogP contribution is 2.06. The summed E-state index contributed by atoms with van der Waals surface area (Å²) in [6, 6.07) is 2.03. The monoisotopic (exact) mass is 209 g/mol. The van der Waals surface area contributed by atoms with E-state index in [1.807, 2.05) is 17.7 Å². The molecule has 0 aliphatic carbocycles. The van der Waals surface area contributed by atoms with Crippen molar-refractivity contribution in [2.75, 3.05) is 6.54 Å². The summed E-state index contributed by atoms with van der Waals surface area (Å²) >= 11 is 0. The van der Waals surface area contributed by atoms with E-state index < -0.39 is 0 Å². The predicted molar refractivity (Wildman–Crippen MR) is 61.7 cm³/mol. The largest absolute Gasteiger partial charge is 0.307 e. The van der Waals surface area contributed by atoms with Crippen LogP contribution in [0.4, 0.5) is 0 Å². The van der Waals surface area contributed by atoms with Gasteiger partial charge in [-0.25, -0.2) is 5.84 Å². The number of hydrazine groups is 1. The van der Waals surface area contributed by atoms with Crippen LogP contribution >= 0.6 is 0 Å². The van der Waals surface area contributed by atoms with Gasteiger partial charge in [0.2, 0.25) is 0 Å². The van der Waals surface area contributed by atoms with Gasteiger partial charge < -0.3 is 5.43 Å². The van der Waals surface area contributed by atoms with Crippen LogP contribution in [0.2, 0.25) is 0 Å². The number of nitrogens with one attached hydrogen (secondary N) is 1. The lowest BCUT2D eigenvalue weighted by molar-refractivity contribution is 0.640. The van der Waals surface area contributed by atoms with Gasteiger partial charge in [-0.3, -0.25) is 9.67 Å². The Labute approximate surface area is 90.3 Å². The zero-order chi connectivity index (χ0) is 11.3. The number of amidine groups is 1. The standard InChI is InChI=1S/C10H19N5/c1-4-8-7-9(15(6-3)14-8)10(13-11)12-5-2/h7H,4-6,11H2,1-3H3,(H,12,13). The van der Waals surface area contributed by atoms with E-state index in [1.165, 1.54) is 0 Å². The first-order chi connectivity index (χ1) is 7.26. The number of hydrogen-bond acceptors (Lipinski definition) is 3. The van der Waals surface area contributed by atoms with Crippen LogP contribution < -0.4 is 11.3 Å². The van der Waals surface area contributed by atoms with Gasteiger partial charge in [-0.15, -0.1) is 0 Å². The first-order valence-electron chi connectivity index (χ1n) is 5.34. The van der Waals surface area contributed by atoms with E-state index in [4.69, 9.17) is 5.84 Å². The van der Waals surface area contributed by atoms with Crippen molar-refractivity contribution in [2.45, 2.75) is 33.7 Å². The van der Waals surface area contributed by atoms with Crippen molar-refractivity contribution in [1.82, 2.24) is 15.2 Å². The normalized spacial score (nSPS) is 11.9. The van der Waals surface area contributed by atoms with E-state index in [2.05, 4.69) is 29.4 Å². The molecule has 0 aliphatic rings. The summed E-state index contributed by atoms with van der Waals surface area (Å²) in [5.41, 5.74) is 4.64. The average Bonchev–Trinajstić information content (AvgIpc) is 2.68. The molecule has 0 unspecified atom stereocenters. The smallest absolute Gasteiger partial charge is 0.161 e. The van der Waals surface area contributed by atoms with Gasteiger partial charge in [0, 0.05) is 13.1 Å². The molecule has 0 bridgehead atoms. The molecule has 5 heteroatoms. The van der Waals surface area contributed by atoms with Gasteiger partial charge >= 0.3 is 0 Å². The molecular formula is C10H19N5. The van der Waals surface area contributed by atoms with Crippen molar-refractivity contribution < 1.29 is 0 Å². The van der Waals surface area contributed by atoms with Crippen molar-refractivity contribution in [3.05, 3.63) is 17.5 Å². The van der Waals surface area contributed by atoms with Gasteiger partial charge in [0.1, 0.15) is 5.69 Å². The Kier molecular flexibility index (Phi) is 4.30. The zero-order valence-corrected chi connectivity index (χ0v) is 9.62. The van der Waals surface area contributed by atoms with Gasteiger partial charge in [0.15, 0.2) is 5.84 Å². The molecule has 1 aromatic rings. The average molecular weight is 209 g/mol. The molecule has 0 aliphatic heterocycles. The van der Waals surface area contributed by atoms with E-state index in [1.54, 1.807) is 0 Å². The third-order valence-corrected chi connectivity index (χ3v) is 2.19. The van der Waals surface area contributed by atoms with Gasteiger partial charge in [0.05, 0.1) is 5.69 Å². The summed E-state index contributed by atoms with van der Waals surface area (Å²) in [5, 5.41) is 4.44. The van der Waals surface area contributed by atoms with Crippen molar-refractivity contribution in [1.29, 1.82) is 0 Å². The van der Waals surface area contributed by atoms with E-state index in [-0.39, 0.29) is 0 Å². The second-order valence-electron chi connectivity index (χ2n) is 3.16. The van der Waals surface area contributed by atoms with Crippen LogP contribution in [0.1, 0.15) is 32.2 Å². The Hall–Kier alpha value is -1.36. The molecule has 3 N–H and O–H groups in total. The summed E-state index contributed by atoms with van der Waals surface area (Å²) in [5.74, 6) is 6.14. The van der Waals surface area contributed by atoms with Crippen LogP contribution in [0.15, 0.2) is 11.1 Å². The Balaban J connectivity index is 3.09. The Morgan fingerprint density at radius 2 is 2.27 bits per heavy atom. The Morgan fingerprint density at radius 1 is 1.53 bits per heavy atom. The summed E-state index contributed by atoms with van der Waals surface area (Å²) < 4.78 is 1.91. The van der Waals surface area contributed by atoms with Crippen molar-refractivity contribution in [3.63, 3.8) is 0 Å². The second kappa shape index (κ2) is 5.50. The SMILES string of the molecule is CCN=C(NN)c1cc(CC)nn1CC. The molecule has 0 amide bonds. The third-order valence-electron chi connectivity index (χ3n) is 2.19. The van der Waals surface area contributed by atoms with Crippen molar-refractivity contribution in [3.8, 4) is 0 Å². The van der Waals surface area contributed by atoms with E-state index in [0.717, 1.165) is 24.4 Å². The molecule has 0 aromatic carbocycles. The molecule has 0 spiro atoms. The molecule has 1 heterocycles. The number of aromatic nitrogens is 2. The highest BCUT2D eigenvalue weighted by atomic mass is 15.3. The molecule has 0 saturated carbocycles. The molecule has 5 nitrogen and oxygen atoms in total. The summed E-state index contributed by atoms with van der Waals surface area (Å²) in [4.78, 5) is 4.29. The van der Waals surface area contributed by atoms with Crippen molar-refractivity contribution >= 4 is 5.84 Å². The maximum absolute atomic E-state index is 5.44. The zero-order valence-electron chi connectivity index (χ0n) is 9.62. The minimum Gasteiger partial charge on any atom is -0.307 e. The van der Waals surface area contributed by atoms with Crippen LogP contribution in [0.25, 0.3) is 0 Å². The number of rotatable bonds is 4. The van der Waals surface area contributed by atoms with Crippen LogP contribution in [-0.4, -0.2) is 22.2 Å². The molecule has 15 heavy (non-hydrogen) atoms. The van der Waals surface area contributed by atoms with Crippen molar-refractivity contribution in [2.24, 2.45) is 10.8 Å². The van der Waals surface area contributed by atoms with Crippen LogP contribution in [0.5, 0.6) is 0 Å². The van der Waals surface area contributed by atoms with Crippen LogP contribution in [-0.2, 0) is 13.0 Å². The maximum atomic E-state index is 5.44. The second-order valence-corrected chi connectivity index (χ2v) is 3.16. The maximum Gasteiger partial charge on any atom is 0.161 e. The third kappa shape index (κ3) is 2.56.